The summed E-state index contributed by atoms with van der Waals surface area (Å²) in [6.07, 6.45) is 4.27. The van der Waals surface area contributed by atoms with Crippen molar-refractivity contribution in [3.8, 4) is 0 Å². The van der Waals surface area contributed by atoms with Gasteiger partial charge in [0.2, 0.25) is 5.91 Å². The molecule has 0 aromatic rings. The molecule has 2 aliphatic rings. The van der Waals surface area contributed by atoms with E-state index in [1.807, 2.05) is 4.90 Å². The van der Waals surface area contributed by atoms with E-state index >= 15 is 0 Å². The van der Waals surface area contributed by atoms with E-state index in [2.05, 4.69) is 12.2 Å². The van der Waals surface area contributed by atoms with Crippen LogP contribution in [0.25, 0.3) is 0 Å². The van der Waals surface area contributed by atoms with Gasteiger partial charge in [-0.1, -0.05) is 13.3 Å². The molecular weight excluding hydrogens is 204 g/mol. The topological polar surface area (TPSA) is 52.6 Å². The number of rotatable bonds is 2. The predicted molar refractivity (Wildman–Crippen MR) is 62.0 cm³/mol. The molecule has 1 amide bonds. The standard InChI is InChI=1S/C12H22N2O2/c1-9-5-7-14(11(9)8-15)12(16)10-4-2-3-6-13-10/h9-11,13,15H,2-8H2,1H3. The van der Waals surface area contributed by atoms with Gasteiger partial charge in [0.15, 0.2) is 0 Å². The fourth-order valence-electron chi connectivity index (χ4n) is 2.82. The summed E-state index contributed by atoms with van der Waals surface area (Å²) in [5, 5.41) is 12.6. The average molecular weight is 226 g/mol. The average Bonchev–Trinajstić information content (AvgIpc) is 2.70. The number of hydrogen-bond donors (Lipinski definition) is 2. The largest absolute Gasteiger partial charge is 0.394 e. The van der Waals surface area contributed by atoms with Gasteiger partial charge in [-0.15, -0.1) is 0 Å². The summed E-state index contributed by atoms with van der Waals surface area (Å²) in [6, 6.07) is 0.0318. The van der Waals surface area contributed by atoms with Crippen LogP contribution in [0.1, 0.15) is 32.6 Å². The number of hydrogen-bond acceptors (Lipinski definition) is 3. The fourth-order valence-corrected chi connectivity index (χ4v) is 2.82. The summed E-state index contributed by atoms with van der Waals surface area (Å²) in [6.45, 7) is 3.97. The van der Waals surface area contributed by atoms with Gasteiger partial charge in [-0.25, -0.2) is 0 Å². The molecule has 0 spiro atoms. The molecule has 3 atom stereocenters. The second-order valence-corrected chi connectivity index (χ2v) is 5.05. The van der Waals surface area contributed by atoms with Gasteiger partial charge in [-0.2, -0.15) is 0 Å². The Balaban J connectivity index is 1.97. The van der Waals surface area contributed by atoms with E-state index in [1.54, 1.807) is 0 Å². The third-order valence-corrected chi connectivity index (χ3v) is 3.96. The summed E-state index contributed by atoms with van der Waals surface area (Å²) in [5.74, 6) is 0.626. The van der Waals surface area contributed by atoms with Gasteiger partial charge < -0.3 is 15.3 Å². The highest BCUT2D eigenvalue weighted by Gasteiger charge is 2.36. The molecule has 2 fully saturated rings. The zero-order valence-electron chi connectivity index (χ0n) is 9.98. The molecule has 16 heavy (non-hydrogen) atoms. The van der Waals surface area contributed by atoms with Gasteiger partial charge >= 0.3 is 0 Å². The quantitative estimate of drug-likeness (QED) is 0.715. The molecule has 2 N–H and O–H groups in total. The molecule has 2 saturated heterocycles. The van der Waals surface area contributed by atoms with Crippen LogP contribution in [0.2, 0.25) is 0 Å². The van der Waals surface area contributed by atoms with Gasteiger partial charge in [0, 0.05) is 6.54 Å². The molecule has 2 rings (SSSR count). The zero-order chi connectivity index (χ0) is 11.5. The Morgan fingerprint density at radius 3 is 2.88 bits per heavy atom. The van der Waals surface area contributed by atoms with Gasteiger partial charge in [0.05, 0.1) is 18.7 Å². The van der Waals surface area contributed by atoms with Crippen molar-refractivity contribution in [3.05, 3.63) is 0 Å². The maximum atomic E-state index is 12.3. The van der Waals surface area contributed by atoms with E-state index in [4.69, 9.17) is 0 Å². The van der Waals surface area contributed by atoms with Gasteiger partial charge in [-0.3, -0.25) is 4.79 Å². The highest BCUT2D eigenvalue weighted by atomic mass is 16.3. The minimum Gasteiger partial charge on any atom is -0.394 e. The second kappa shape index (κ2) is 5.15. The Hall–Kier alpha value is -0.610. The minimum atomic E-state index is -0.00639. The maximum Gasteiger partial charge on any atom is 0.240 e. The van der Waals surface area contributed by atoms with Crippen molar-refractivity contribution in [2.45, 2.75) is 44.7 Å². The van der Waals surface area contributed by atoms with Crippen LogP contribution in [0.3, 0.4) is 0 Å². The van der Waals surface area contributed by atoms with Crippen molar-refractivity contribution in [1.82, 2.24) is 10.2 Å². The Morgan fingerprint density at radius 1 is 1.44 bits per heavy atom. The first-order valence-electron chi connectivity index (χ1n) is 6.38. The van der Waals surface area contributed by atoms with E-state index in [9.17, 15) is 9.90 Å². The van der Waals surface area contributed by atoms with Gasteiger partial charge in [0.1, 0.15) is 0 Å². The molecule has 0 aromatic heterocycles. The number of aliphatic hydroxyl groups is 1. The lowest BCUT2D eigenvalue weighted by Gasteiger charge is -2.31. The first kappa shape index (κ1) is 11.9. The van der Waals surface area contributed by atoms with Crippen molar-refractivity contribution in [1.29, 1.82) is 0 Å². The van der Waals surface area contributed by atoms with Gasteiger partial charge in [-0.05, 0) is 31.7 Å². The normalized spacial score (nSPS) is 35.4. The first-order chi connectivity index (χ1) is 7.74. The molecule has 0 saturated carbocycles. The van der Waals surface area contributed by atoms with E-state index in [0.29, 0.717) is 5.92 Å². The van der Waals surface area contributed by atoms with Crippen molar-refractivity contribution in [2.75, 3.05) is 19.7 Å². The molecule has 4 heteroatoms. The molecule has 0 radical (unpaired) electrons. The summed E-state index contributed by atoms with van der Waals surface area (Å²) >= 11 is 0. The number of nitrogens with one attached hydrogen (secondary N) is 1. The molecule has 2 heterocycles. The van der Waals surface area contributed by atoms with Crippen molar-refractivity contribution >= 4 is 5.91 Å². The molecule has 0 bridgehead atoms. The third-order valence-electron chi connectivity index (χ3n) is 3.96. The Bertz CT molecular complexity index is 251. The molecule has 4 nitrogen and oxygen atoms in total. The van der Waals surface area contributed by atoms with Crippen LogP contribution in [0.15, 0.2) is 0 Å². The van der Waals surface area contributed by atoms with E-state index < -0.39 is 0 Å². The summed E-state index contributed by atoms with van der Waals surface area (Å²) in [4.78, 5) is 14.2. The third kappa shape index (κ3) is 2.23. The van der Waals surface area contributed by atoms with E-state index in [-0.39, 0.29) is 24.6 Å². The second-order valence-electron chi connectivity index (χ2n) is 5.05. The number of carbonyl (C=O) groups excluding carboxylic acids is 1. The van der Waals surface area contributed by atoms with Crippen LogP contribution in [0, 0.1) is 5.92 Å². The first-order valence-corrected chi connectivity index (χ1v) is 6.38. The summed E-state index contributed by atoms with van der Waals surface area (Å²) in [7, 11) is 0. The highest BCUT2D eigenvalue weighted by molar-refractivity contribution is 5.82. The number of aliphatic hydroxyl groups excluding tert-OH is 1. The monoisotopic (exact) mass is 226 g/mol. The van der Waals surface area contributed by atoms with Crippen LogP contribution in [-0.2, 0) is 4.79 Å². The van der Waals surface area contributed by atoms with Gasteiger partial charge in [0.25, 0.3) is 0 Å². The molecular formula is C12H22N2O2. The van der Waals surface area contributed by atoms with Crippen molar-refractivity contribution in [2.24, 2.45) is 5.92 Å². The van der Waals surface area contributed by atoms with Crippen LogP contribution in [0.5, 0.6) is 0 Å². The van der Waals surface area contributed by atoms with Crippen molar-refractivity contribution < 1.29 is 9.90 Å². The van der Waals surface area contributed by atoms with E-state index in [0.717, 1.165) is 32.4 Å². The maximum absolute atomic E-state index is 12.3. The number of carbonyl (C=O) groups is 1. The number of amides is 1. The van der Waals surface area contributed by atoms with Crippen LogP contribution in [-0.4, -0.2) is 47.7 Å². The van der Waals surface area contributed by atoms with Crippen LogP contribution < -0.4 is 5.32 Å². The van der Waals surface area contributed by atoms with Crippen LogP contribution in [0.4, 0.5) is 0 Å². The highest BCUT2D eigenvalue weighted by Crippen LogP contribution is 2.25. The lowest BCUT2D eigenvalue weighted by atomic mass is 10.0. The molecule has 2 aliphatic heterocycles. The summed E-state index contributed by atoms with van der Waals surface area (Å²) < 4.78 is 0. The number of likely N-dealkylation sites (tertiary alicyclic amines) is 1. The SMILES string of the molecule is CC1CCN(C(=O)C2CCCCN2)C1CO. The number of nitrogens with zero attached hydrogens (tertiary/aromatic N) is 1. The Morgan fingerprint density at radius 2 is 2.25 bits per heavy atom. The molecule has 0 aliphatic carbocycles. The zero-order valence-corrected chi connectivity index (χ0v) is 9.98. The number of piperidine rings is 1. The Kier molecular flexibility index (Phi) is 3.82. The predicted octanol–water partition coefficient (Wildman–Crippen LogP) is 0.358. The summed E-state index contributed by atoms with van der Waals surface area (Å²) in [5.41, 5.74) is 0. The Labute approximate surface area is 97.0 Å². The smallest absolute Gasteiger partial charge is 0.240 e. The molecule has 92 valence electrons. The fraction of sp³-hybridized carbons (Fsp3) is 0.917. The van der Waals surface area contributed by atoms with E-state index in [1.165, 1.54) is 6.42 Å². The molecule has 3 unspecified atom stereocenters. The lowest BCUT2D eigenvalue weighted by molar-refractivity contribution is -0.136. The van der Waals surface area contributed by atoms with Crippen molar-refractivity contribution in [3.63, 3.8) is 0 Å². The lowest BCUT2D eigenvalue weighted by Crippen LogP contribution is -2.51. The molecule has 0 aromatic carbocycles. The van der Waals surface area contributed by atoms with Crippen LogP contribution >= 0.6 is 0 Å². The minimum absolute atomic E-state index is 0.00639.